The number of ketones is 1. The molecular weight excluding hydrogens is 234 g/mol. The predicted molar refractivity (Wildman–Crippen MR) is 81.5 cm³/mol. The van der Waals surface area contributed by atoms with E-state index in [1.165, 1.54) is 5.56 Å². The van der Waals surface area contributed by atoms with Crippen molar-refractivity contribution < 1.29 is 4.79 Å². The van der Waals surface area contributed by atoms with Crippen LogP contribution < -0.4 is 5.73 Å². The Balaban J connectivity index is 2.60. The Morgan fingerprint density at radius 2 is 2.00 bits per heavy atom. The van der Waals surface area contributed by atoms with E-state index in [1.807, 2.05) is 18.2 Å². The van der Waals surface area contributed by atoms with Crippen LogP contribution in [0.5, 0.6) is 0 Å². The molecule has 2 N–H and O–H groups in total. The number of hydrogen-bond donors (Lipinski definition) is 1. The number of aryl methyl sites for hydroxylation is 1. The summed E-state index contributed by atoms with van der Waals surface area (Å²) in [7, 11) is 0. The zero-order valence-electron chi connectivity index (χ0n) is 12.5. The SMILES string of the molecule is CCCc1cccc(C(=O)CCC(C)(C)CCN)c1. The van der Waals surface area contributed by atoms with Crippen LogP contribution in [-0.2, 0) is 6.42 Å². The maximum Gasteiger partial charge on any atom is 0.162 e. The van der Waals surface area contributed by atoms with E-state index < -0.39 is 0 Å². The molecule has 0 aliphatic rings. The maximum atomic E-state index is 12.2. The Bertz CT molecular complexity index is 409. The van der Waals surface area contributed by atoms with E-state index in [0.29, 0.717) is 13.0 Å². The lowest BCUT2D eigenvalue weighted by molar-refractivity contribution is 0.0961. The van der Waals surface area contributed by atoms with Crippen LogP contribution >= 0.6 is 0 Å². The second-order valence-electron chi connectivity index (χ2n) is 6.08. The molecule has 106 valence electrons. The molecule has 0 unspecified atom stereocenters. The van der Waals surface area contributed by atoms with Gasteiger partial charge in [-0.25, -0.2) is 0 Å². The first-order chi connectivity index (χ1) is 8.98. The molecule has 0 saturated heterocycles. The third-order valence-electron chi connectivity index (χ3n) is 3.64. The monoisotopic (exact) mass is 261 g/mol. The summed E-state index contributed by atoms with van der Waals surface area (Å²) in [6, 6.07) is 8.06. The zero-order chi connectivity index (χ0) is 14.3. The average Bonchev–Trinajstić information content (AvgIpc) is 2.37. The molecule has 2 heteroatoms. The molecule has 19 heavy (non-hydrogen) atoms. The molecular formula is C17H27NO. The first kappa shape index (κ1) is 15.9. The lowest BCUT2D eigenvalue weighted by Crippen LogP contribution is -2.18. The molecule has 0 aliphatic carbocycles. The Morgan fingerprint density at radius 1 is 1.26 bits per heavy atom. The smallest absolute Gasteiger partial charge is 0.162 e. The van der Waals surface area contributed by atoms with Gasteiger partial charge in [-0.05, 0) is 42.9 Å². The minimum absolute atomic E-state index is 0.158. The van der Waals surface area contributed by atoms with Crippen LogP contribution in [0.4, 0.5) is 0 Å². The molecule has 0 fully saturated rings. The van der Waals surface area contributed by atoms with Gasteiger partial charge in [-0.2, -0.15) is 0 Å². The van der Waals surface area contributed by atoms with E-state index in [0.717, 1.165) is 31.2 Å². The molecule has 0 radical (unpaired) electrons. The fraction of sp³-hybridized carbons (Fsp3) is 0.588. The van der Waals surface area contributed by atoms with Crippen molar-refractivity contribution in [1.29, 1.82) is 0 Å². The van der Waals surface area contributed by atoms with Crippen molar-refractivity contribution in [2.24, 2.45) is 11.1 Å². The van der Waals surface area contributed by atoms with Crippen LogP contribution in [0.1, 0.15) is 62.4 Å². The first-order valence-corrected chi connectivity index (χ1v) is 7.31. The summed E-state index contributed by atoms with van der Waals surface area (Å²) in [5, 5.41) is 0. The Hall–Kier alpha value is -1.15. The normalized spacial score (nSPS) is 11.6. The highest BCUT2D eigenvalue weighted by Crippen LogP contribution is 2.26. The fourth-order valence-corrected chi connectivity index (χ4v) is 2.30. The summed E-state index contributed by atoms with van der Waals surface area (Å²) >= 11 is 0. The molecule has 0 amide bonds. The number of Topliss-reactive ketones (excluding diaryl/α,β-unsaturated/α-hetero) is 1. The van der Waals surface area contributed by atoms with Crippen molar-refractivity contribution in [3.05, 3.63) is 35.4 Å². The molecule has 0 bridgehead atoms. The van der Waals surface area contributed by atoms with E-state index in [2.05, 4.69) is 26.8 Å². The largest absolute Gasteiger partial charge is 0.330 e. The van der Waals surface area contributed by atoms with Gasteiger partial charge in [0.1, 0.15) is 0 Å². The first-order valence-electron chi connectivity index (χ1n) is 7.31. The molecule has 1 aromatic carbocycles. The summed E-state index contributed by atoms with van der Waals surface area (Å²) in [6.45, 7) is 7.21. The van der Waals surface area contributed by atoms with Crippen molar-refractivity contribution in [2.45, 2.75) is 52.9 Å². The molecule has 0 saturated carbocycles. The molecule has 1 rings (SSSR count). The van der Waals surface area contributed by atoms with Gasteiger partial charge in [0.15, 0.2) is 5.78 Å². The van der Waals surface area contributed by atoms with Crippen molar-refractivity contribution >= 4 is 5.78 Å². The number of rotatable bonds is 8. The Kier molecular flexibility index (Phi) is 6.23. The molecule has 0 atom stereocenters. The molecule has 0 aliphatic heterocycles. The van der Waals surface area contributed by atoms with Gasteiger partial charge < -0.3 is 5.73 Å². The molecule has 0 spiro atoms. The highest BCUT2D eigenvalue weighted by atomic mass is 16.1. The van der Waals surface area contributed by atoms with Crippen molar-refractivity contribution in [3.63, 3.8) is 0 Å². The zero-order valence-corrected chi connectivity index (χ0v) is 12.5. The van der Waals surface area contributed by atoms with E-state index >= 15 is 0 Å². The number of nitrogens with two attached hydrogens (primary N) is 1. The van der Waals surface area contributed by atoms with Crippen molar-refractivity contribution in [2.75, 3.05) is 6.54 Å². The lowest BCUT2D eigenvalue weighted by Gasteiger charge is -2.23. The number of carbonyl (C=O) groups is 1. The highest BCUT2D eigenvalue weighted by molar-refractivity contribution is 5.96. The number of benzene rings is 1. The summed E-state index contributed by atoms with van der Waals surface area (Å²) in [5.41, 5.74) is 7.87. The van der Waals surface area contributed by atoms with Gasteiger partial charge in [0.2, 0.25) is 0 Å². The van der Waals surface area contributed by atoms with Gasteiger partial charge in [0.25, 0.3) is 0 Å². The van der Waals surface area contributed by atoms with E-state index in [1.54, 1.807) is 0 Å². The molecule has 0 heterocycles. The van der Waals surface area contributed by atoms with Crippen LogP contribution in [0, 0.1) is 5.41 Å². The van der Waals surface area contributed by atoms with Crippen LogP contribution in [-0.4, -0.2) is 12.3 Å². The minimum Gasteiger partial charge on any atom is -0.330 e. The lowest BCUT2D eigenvalue weighted by atomic mass is 9.83. The number of carbonyl (C=O) groups excluding carboxylic acids is 1. The summed E-state index contributed by atoms with van der Waals surface area (Å²) in [4.78, 5) is 12.2. The van der Waals surface area contributed by atoms with Gasteiger partial charge in [-0.15, -0.1) is 0 Å². The third kappa shape index (κ3) is 5.56. The molecule has 2 nitrogen and oxygen atoms in total. The van der Waals surface area contributed by atoms with Crippen molar-refractivity contribution in [3.8, 4) is 0 Å². The van der Waals surface area contributed by atoms with E-state index in [9.17, 15) is 4.79 Å². The Labute approximate surface area is 117 Å². The summed E-state index contributed by atoms with van der Waals surface area (Å²) in [6.07, 6.45) is 4.64. The second-order valence-corrected chi connectivity index (χ2v) is 6.08. The van der Waals surface area contributed by atoms with Crippen molar-refractivity contribution in [1.82, 2.24) is 0 Å². The van der Waals surface area contributed by atoms with Crippen LogP contribution in [0.2, 0.25) is 0 Å². The quantitative estimate of drug-likeness (QED) is 0.719. The topological polar surface area (TPSA) is 43.1 Å². The predicted octanol–water partition coefficient (Wildman–Crippen LogP) is 3.98. The van der Waals surface area contributed by atoms with E-state index in [4.69, 9.17) is 5.73 Å². The highest BCUT2D eigenvalue weighted by Gasteiger charge is 2.18. The van der Waals surface area contributed by atoms with E-state index in [-0.39, 0.29) is 11.2 Å². The fourth-order valence-electron chi connectivity index (χ4n) is 2.30. The van der Waals surface area contributed by atoms with Crippen LogP contribution in [0.3, 0.4) is 0 Å². The molecule has 1 aromatic rings. The standard InChI is InChI=1S/C17H27NO/c1-4-6-14-7-5-8-15(13-14)16(19)9-10-17(2,3)11-12-18/h5,7-8,13H,4,6,9-12,18H2,1-3H3. The van der Waals surface area contributed by atoms with Crippen LogP contribution in [0.25, 0.3) is 0 Å². The summed E-state index contributed by atoms with van der Waals surface area (Å²) in [5.74, 6) is 0.253. The summed E-state index contributed by atoms with van der Waals surface area (Å²) < 4.78 is 0. The molecule has 0 aromatic heterocycles. The van der Waals surface area contributed by atoms with Gasteiger partial charge >= 0.3 is 0 Å². The minimum atomic E-state index is 0.158. The van der Waals surface area contributed by atoms with Gasteiger partial charge in [-0.3, -0.25) is 4.79 Å². The Morgan fingerprint density at radius 3 is 2.63 bits per heavy atom. The third-order valence-corrected chi connectivity index (χ3v) is 3.64. The van der Waals surface area contributed by atoms with Gasteiger partial charge in [-0.1, -0.05) is 45.4 Å². The second kappa shape index (κ2) is 7.44. The van der Waals surface area contributed by atoms with Gasteiger partial charge in [0.05, 0.1) is 0 Å². The maximum absolute atomic E-state index is 12.2. The average molecular weight is 261 g/mol. The number of hydrogen-bond acceptors (Lipinski definition) is 2. The van der Waals surface area contributed by atoms with Crippen LogP contribution in [0.15, 0.2) is 24.3 Å². The van der Waals surface area contributed by atoms with Gasteiger partial charge in [0, 0.05) is 12.0 Å².